The quantitative estimate of drug-likeness (QED) is 0.852. The van der Waals surface area contributed by atoms with E-state index in [2.05, 4.69) is 10.4 Å². The molecular formula is C15H15F2N3O3. The van der Waals surface area contributed by atoms with Crippen molar-refractivity contribution in [3.63, 3.8) is 0 Å². The predicted molar refractivity (Wildman–Crippen MR) is 77.8 cm³/mol. The van der Waals surface area contributed by atoms with Crippen molar-refractivity contribution in [1.82, 2.24) is 15.1 Å². The highest BCUT2D eigenvalue weighted by Gasteiger charge is 2.25. The summed E-state index contributed by atoms with van der Waals surface area (Å²) in [5.41, 5.74) is 1.35. The van der Waals surface area contributed by atoms with Crippen molar-refractivity contribution in [2.75, 3.05) is 0 Å². The van der Waals surface area contributed by atoms with Crippen molar-refractivity contribution < 1.29 is 23.5 Å². The molecule has 2 rings (SSSR count). The first-order chi connectivity index (χ1) is 10.9. The van der Waals surface area contributed by atoms with Crippen LogP contribution in [0.15, 0.2) is 36.4 Å². The van der Waals surface area contributed by atoms with Crippen LogP contribution >= 0.6 is 0 Å². The lowest BCUT2D eigenvalue weighted by Gasteiger charge is -2.12. The molecule has 1 heterocycles. The molecule has 0 aliphatic carbocycles. The molecule has 0 saturated heterocycles. The Morgan fingerprint density at radius 3 is 2.52 bits per heavy atom. The average molecular weight is 323 g/mol. The third-order valence-corrected chi connectivity index (χ3v) is 3.14. The van der Waals surface area contributed by atoms with Gasteiger partial charge in [-0.05, 0) is 25.1 Å². The van der Waals surface area contributed by atoms with Gasteiger partial charge in [0.05, 0.1) is 5.69 Å². The van der Waals surface area contributed by atoms with E-state index in [0.29, 0.717) is 5.69 Å². The molecule has 1 atom stereocenters. The number of hydrogen-bond acceptors (Lipinski definition) is 3. The Morgan fingerprint density at radius 2 is 1.96 bits per heavy atom. The highest BCUT2D eigenvalue weighted by Crippen LogP contribution is 2.12. The van der Waals surface area contributed by atoms with Gasteiger partial charge in [0, 0.05) is 12.1 Å². The minimum Gasteiger partial charge on any atom is -0.480 e. The van der Waals surface area contributed by atoms with E-state index in [1.54, 1.807) is 31.2 Å². The van der Waals surface area contributed by atoms with E-state index in [1.165, 1.54) is 10.7 Å². The first-order valence-corrected chi connectivity index (χ1v) is 6.82. The van der Waals surface area contributed by atoms with Gasteiger partial charge >= 0.3 is 5.97 Å². The molecule has 2 N–H and O–H groups in total. The fourth-order valence-corrected chi connectivity index (χ4v) is 2.05. The Hall–Kier alpha value is -2.77. The van der Waals surface area contributed by atoms with Crippen LogP contribution in [-0.4, -0.2) is 39.2 Å². The number of alkyl halides is 2. The van der Waals surface area contributed by atoms with E-state index in [0.717, 1.165) is 5.69 Å². The zero-order valence-electron chi connectivity index (χ0n) is 12.2. The molecule has 23 heavy (non-hydrogen) atoms. The Labute approximate surface area is 130 Å². The molecule has 1 unspecified atom stereocenters. The van der Waals surface area contributed by atoms with Crippen LogP contribution in [-0.2, 0) is 4.79 Å². The molecule has 122 valence electrons. The largest absolute Gasteiger partial charge is 0.480 e. The molecule has 0 bridgehead atoms. The molecule has 0 spiro atoms. The number of carbonyl (C=O) groups is 2. The SMILES string of the molecule is Cc1cc(C(=O)NC(CC(F)F)C(=O)O)nn1-c1ccccc1. The third kappa shape index (κ3) is 4.12. The maximum Gasteiger partial charge on any atom is 0.326 e. The zero-order chi connectivity index (χ0) is 17.0. The Kier molecular flexibility index (Phi) is 5.05. The number of carboxylic acids is 1. The summed E-state index contributed by atoms with van der Waals surface area (Å²) in [7, 11) is 0. The number of carboxylic acid groups (broad SMARTS) is 1. The lowest BCUT2D eigenvalue weighted by atomic mass is 10.2. The van der Waals surface area contributed by atoms with E-state index in [4.69, 9.17) is 5.11 Å². The number of benzene rings is 1. The molecule has 0 aliphatic rings. The van der Waals surface area contributed by atoms with E-state index in [1.807, 2.05) is 6.07 Å². The van der Waals surface area contributed by atoms with Gasteiger partial charge in [-0.2, -0.15) is 5.10 Å². The minimum atomic E-state index is -2.83. The second kappa shape index (κ2) is 6.99. The lowest BCUT2D eigenvalue weighted by molar-refractivity contribution is -0.140. The van der Waals surface area contributed by atoms with Gasteiger partial charge in [0.1, 0.15) is 6.04 Å². The molecule has 8 heteroatoms. The first kappa shape index (κ1) is 16.6. The standard InChI is InChI=1S/C15H15F2N3O3/c1-9-7-11(19-20(9)10-5-3-2-4-6-10)14(21)18-12(15(22)23)8-13(16)17/h2-7,12-13H,8H2,1H3,(H,18,21)(H,22,23). The smallest absolute Gasteiger partial charge is 0.326 e. The van der Waals surface area contributed by atoms with Crippen molar-refractivity contribution in [2.45, 2.75) is 25.8 Å². The van der Waals surface area contributed by atoms with Gasteiger partial charge in [-0.1, -0.05) is 18.2 Å². The summed E-state index contributed by atoms with van der Waals surface area (Å²) < 4.78 is 26.2. The zero-order valence-corrected chi connectivity index (χ0v) is 12.2. The summed E-state index contributed by atoms with van der Waals surface area (Å²) in [6.45, 7) is 1.73. The van der Waals surface area contributed by atoms with Crippen molar-refractivity contribution in [2.24, 2.45) is 0 Å². The number of carbonyl (C=O) groups excluding carboxylic acids is 1. The van der Waals surface area contributed by atoms with E-state index >= 15 is 0 Å². The molecular weight excluding hydrogens is 308 g/mol. The van der Waals surface area contributed by atoms with Crippen molar-refractivity contribution in [1.29, 1.82) is 0 Å². The highest BCUT2D eigenvalue weighted by atomic mass is 19.3. The maximum absolute atomic E-state index is 12.4. The Morgan fingerprint density at radius 1 is 1.30 bits per heavy atom. The third-order valence-electron chi connectivity index (χ3n) is 3.14. The van der Waals surface area contributed by atoms with Gasteiger partial charge in [0.25, 0.3) is 5.91 Å². The molecule has 0 fully saturated rings. The second-order valence-electron chi connectivity index (χ2n) is 4.91. The topological polar surface area (TPSA) is 84.2 Å². The van der Waals surface area contributed by atoms with Gasteiger partial charge < -0.3 is 10.4 Å². The molecule has 1 aromatic carbocycles. The highest BCUT2D eigenvalue weighted by molar-refractivity contribution is 5.95. The number of nitrogens with one attached hydrogen (secondary N) is 1. The average Bonchev–Trinajstić information content (AvgIpc) is 2.89. The number of aromatic nitrogens is 2. The first-order valence-electron chi connectivity index (χ1n) is 6.82. The summed E-state index contributed by atoms with van der Waals surface area (Å²) >= 11 is 0. The maximum atomic E-state index is 12.4. The number of hydrogen-bond donors (Lipinski definition) is 2. The van der Waals surface area contributed by atoms with Crippen LogP contribution in [0.25, 0.3) is 5.69 Å². The normalized spacial score (nSPS) is 12.2. The molecule has 0 saturated carbocycles. The number of aliphatic carboxylic acids is 1. The number of rotatable bonds is 6. The molecule has 1 aromatic heterocycles. The van der Waals surface area contributed by atoms with Crippen LogP contribution in [0.3, 0.4) is 0 Å². The van der Waals surface area contributed by atoms with E-state index < -0.39 is 30.8 Å². The van der Waals surface area contributed by atoms with Gasteiger partial charge in [-0.3, -0.25) is 4.79 Å². The second-order valence-corrected chi connectivity index (χ2v) is 4.91. The van der Waals surface area contributed by atoms with Crippen LogP contribution in [0.2, 0.25) is 0 Å². The van der Waals surface area contributed by atoms with Crippen LogP contribution in [0, 0.1) is 6.92 Å². The predicted octanol–water partition coefficient (Wildman–Crippen LogP) is 2.02. The van der Waals surface area contributed by atoms with Crippen LogP contribution in [0.1, 0.15) is 22.6 Å². The molecule has 2 aromatic rings. The van der Waals surface area contributed by atoms with Crippen molar-refractivity contribution in [3.8, 4) is 5.69 Å². The fraction of sp³-hybridized carbons (Fsp3) is 0.267. The minimum absolute atomic E-state index is 0.0353. The van der Waals surface area contributed by atoms with E-state index in [-0.39, 0.29) is 5.69 Å². The summed E-state index contributed by atoms with van der Waals surface area (Å²) in [4.78, 5) is 23.0. The van der Waals surface area contributed by atoms with Gasteiger partial charge in [0.15, 0.2) is 5.69 Å². The molecule has 0 aliphatic heterocycles. The van der Waals surface area contributed by atoms with Crippen molar-refractivity contribution >= 4 is 11.9 Å². The molecule has 0 radical (unpaired) electrons. The number of nitrogens with zero attached hydrogens (tertiary/aromatic N) is 2. The van der Waals surface area contributed by atoms with Gasteiger partial charge in [0.2, 0.25) is 6.43 Å². The monoisotopic (exact) mass is 323 g/mol. The van der Waals surface area contributed by atoms with Crippen molar-refractivity contribution in [3.05, 3.63) is 47.8 Å². The Bertz CT molecular complexity index is 701. The summed E-state index contributed by atoms with van der Waals surface area (Å²) in [5.74, 6) is -2.33. The summed E-state index contributed by atoms with van der Waals surface area (Å²) in [6, 6.07) is 8.82. The van der Waals surface area contributed by atoms with Crippen LogP contribution in [0.4, 0.5) is 8.78 Å². The van der Waals surface area contributed by atoms with Gasteiger partial charge in [-0.25, -0.2) is 18.3 Å². The molecule has 1 amide bonds. The number of para-hydroxylation sites is 1. The van der Waals surface area contributed by atoms with Crippen LogP contribution in [0.5, 0.6) is 0 Å². The number of halogens is 2. The number of aryl methyl sites for hydroxylation is 1. The van der Waals surface area contributed by atoms with Gasteiger partial charge in [-0.15, -0.1) is 0 Å². The summed E-state index contributed by atoms with van der Waals surface area (Å²) in [6.07, 6.45) is -3.79. The molecule has 6 nitrogen and oxygen atoms in total. The fourth-order valence-electron chi connectivity index (χ4n) is 2.05. The Balaban J connectivity index is 2.19. The summed E-state index contributed by atoms with van der Waals surface area (Å²) in [5, 5.41) is 15.0. The van der Waals surface area contributed by atoms with Crippen LogP contribution < -0.4 is 5.32 Å². The van der Waals surface area contributed by atoms with E-state index in [9.17, 15) is 18.4 Å². The number of amides is 1. The lowest BCUT2D eigenvalue weighted by Crippen LogP contribution is -2.42.